The molecular weight excluding hydrogens is 425 g/mol. The van der Waals surface area contributed by atoms with Gasteiger partial charge in [0.15, 0.2) is 0 Å². The van der Waals surface area contributed by atoms with Crippen molar-refractivity contribution in [3.05, 3.63) is 74.9 Å². The maximum Gasteiger partial charge on any atom is 0.257 e. The zero-order valence-corrected chi connectivity index (χ0v) is 17.7. The number of carbonyl (C=O) groups is 1. The fourth-order valence-corrected chi connectivity index (χ4v) is 3.35. The van der Waals surface area contributed by atoms with Crippen molar-refractivity contribution < 1.29 is 19.0 Å². The van der Waals surface area contributed by atoms with E-state index in [4.69, 9.17) is 16.3 Å². The van der Waals surface area contributed by atoms with Crippen molar-refractivity contribution in [1.82, 2.24) is 9.55 Å². The molecule has 0 spiro atoms. The van der Waals surface area contributed by atoms with Gasteiger partial charge in [-0.2, -0.15) is 0 Å². The van der Waals surface area contributed by atoms with Crippen LogP contribution in [-0.4, -0.2) is 34.3 Å². The molecule has 7 nitrogen and oxygen atoms in total. The molecule has 0 saturated carbocycles. The SMILES string of the molecule is COc1ccc(Cl)cc1NC(=O)Cn1c(-c2ccc(F)cc2)nc(C)c(CCO)c1=O. The lowest BCUT2D eigenvalue weighted by Gasteiger charge is -2.16. The lowest BCUT2D eigenvalue weighted by molar-refractivity contribution is -0.116. The Kier molecular flexibility index (Phi) is 7.04. The topological polar surface area (TPSA) is 93.4 Å². The highest BCUT2D eigenvalue weighted by molar-refractivity contribution is 6.31. The monoisotopic (exact) mass is 445 g/mol. The molecule has 3 aromatic rings. The first-order valence-corrected chi connectivity index (χ1v) is 9.82. The van der Waals surface area contributed by atoms with E-state index in [-0.39, 0.29) is 25.4 Å². The Hall–Kier alpha value is -3.23. The second kappa shape index (κ2) is 9.72. The zero-order chi connectivity index (χ0) is 22.5. The largest absolute Gasteiger partial charge is 0.495 e. The number of hydrogen-bond donors (Lipinski definition) is 2. The molecule has 1 amide bonds. The van der Waals surface area contributed by atoms with Gasteiger partial charge in [-0.15, -0.1) is 0 Å². The van der Waals surface area contributed by atoms with Crippen LogP contribution in [0.25, 0.3) is 11.4 Å². The predicted molar refractivity (Wildman–Crippen MR) is 116 cm³/mol. The van der Waals surface area contributed by atoms with Gasteiger partial charge in [-0.1, -0.05) is 11.6 Å². The Bertz CT molecular complexity index is 1160. The molecular formula is C22H21ClFN3O4. The lowest BCUT2D eigenvalue weighted by Crippen LogP contribution is -2.33. The molecule has 9 heteroatoms. The van der Waals surface area contributed by atoms with Crippen molar-refractivity contribution in [3.63, 3.8) is 0 Å². The summed E-state index contributed by atoms with van der Waals surface area (Å²) in [6.07, 6.45) is 0.102. The number of rotatable bonds is 7. The van der Waals surface area contributed by atoms with Crippen molar-refractivity contribution in [2.45, 2.75) is 19.9 Å². The van der Waals surface area contributed by atoms with E-state index in [2.05, 4.69) is 10.3 Å². The van der Waals surface area contributed by atoms with Crippen LogP contribution in [0.4, 0.5) is 10.1 Å². The zero-order valence-electron chi connectivity index (χ0n) is 17.0. The molecule has 0 aliphatic heterocycles. The fraction of sp³-hybridized carbons (Fsp3) is 0.227. The van der Waals surface area contributed by atoms with Crippen molar-refractivity contribution in [2.24, 2.45) is 0 Å². The number of carbonyl (C=O) groups excluding carboxylic acids is 1. The highest BCUT2D eigenvalue weighted by Gasteiger charge is 2.18. The van der Waals surface area contributed by atoms with Gasteiger partial charge in [0.1, 0.15) is 23.9 Å². The van der Waals surface area contributed by atoms with Gasteiger partial charge < -0.3 is 15.2 Å². The number of methoxy groups -OCH3 is 1. The molecule has 0 radical (unpaired) electrons. The number of hydrogen-bond acceptors (Lipinski definition) is 5. The number of halogens is 2. The quantitative estimate of drug-likeness (QED) is 0.582. The first-order chi connectivity index (χ1) is 14.8. The highest BCUT2D eigenvalue weighted by atomic mass is 35.5. The van der Waals surface area contributed by atoms with E-state index in [0.29, 0.717) is 33.3 Å². The van der Waals surface area contributed by atoms with Crippen molar-refractivity contribution in [2.75, 3.05) is 19.0 Å². The van der Waals surface area contributed by atoms with Crippen LogP contribution in [-0.2, 0) is 17.8 Å². The molecule has 0 unspecified atom stereocenters. The van der Waals surface area contributed by atoms with Crippen LogP contribution in [0.5, 0.6) is 5.75 Å². The molecule has 1 aromatic heterocycles. The summed E-state index contributed by atoms with van der Waals surface area (Å²) in [6.45, 7) is 1.06. The van der Waals surface area contributed by atoms with E-state index in [1.165, 1.54) is 42.0 Å². The summed E-state index contributed by atoms with van der Waals surface area (Å²) in [5, 5.41) is 12.4. The molecule has 31 heavy (non-hydrogen) atoms. The number of nitrogens with one attached hydrogen (secondary N) is 1. The number of nitrogens with zero attached hydrogens (tertiary/aromatic N) is 2. The van der Waals surface area contributed by atoms with Crippen molar-refractivity contribution in [3.8, 4) is 17.1 Å². The van der Waals surface area contributed by atoms with Crippen LogP contribution in [0.1, 0.15) is 11.3 Å². The predicted octanol–water partition coefficient (Wildman–Crippen LogP) is 3.19. The summed E-state index contributed by atoms with van der Waals surface area (Å²) >= 11 is 6.01. The first kappa shape index (κ1) is 22.5. The number of amides is 1. The molecule has 0 aliphatic rings. The van der Waals surface area contributed by atoms with Gasteiger partial charge in [-0.25, -0.2) is 9.37 Å². The van der Waals surface area contributed by atoms with Gasteiger partial charge in [0.05, 0.1) is 12.8 Å². The van der Waals surface area contributed by atoms with Gasteiger partial charge in [-0.05, 0) is 49.4 Å². The summed E-state index contributed by atoms with van der Waals surface area (Å²) in [7, 11) is 1.46. The Labute approximate surface area is 183 Å². The molecule has 2 aromatic carbocycles. The normalized spacial score (nSPS) is 10.7. The third-order valence-electron chi connectivity index (χ3n) is 4.67. The van der Waals surface area contributed by atoms with E-state index in [9.17, 15) is 19.1 Å². The maximum atomic E-state index is 13.4. The third-order valence-corrected chi connectivity index (χ3v) is 4.91. The molecule has 3 rings (SSSR count). The number of ether oxygens (including phenoxy) is 1. The number of aliphatic hydroxyl groups excluding tert-OH is 1. The second-order valence-electron chi connectivity index (χ2n) is 6.76. The van der Waals surface area contributed by atoms with E-state index < -0.39 is 17.3 Å². The average Bonchev–Trinajstić information content (AvgIpc) is 2.74. The average molecular weight is 446 g/mol. The minimum absolute atomic E-state index is 0.102. The number of aromatic nitrogens is 2. The standard InChI is InChI=1S/C22H21ClFN3O4/c1-13-17(9-10-28)22(30)27(21(25-13)14-3-6-16(24)7-4-14)12-20(29)26-18-11-15(23)5-8-19(18)31-2/h3-8,11,28H,9-10,12H2,1-2H3,(H,26,29). The highest BCUT2D eigenvalue weighted by Crippen LogP contribution is 2.27. The molecule has 0 bridgehead atoms. The van der Waals surface area contributed by atoms with Crippen LogP contribution >= 0.6 is 11.6 Å². The summed E-state index contributed by atoms with van der Waals surface area (Å²) in [5.74, 6) is -0.312. The molecule has 162 valence electrons. The first-order valence-electron chi connectivity index (χ1n) is 9.44. The minimum Gasteiger partial charge on any atom is -0.495 e. The summed E-state index contributed by atoms with van der Waals surface area (Å²) in [4.78, 5) is 30.4. The molecule has 1 heterocycles. The Balaban J connectivity index is 2.03. The van der Waals surface area contributed by atoms with Crippen LogP contribution in [0.15, 0.2) is 47.3 Å². The summed E-state index contributed by atoms with van der Waals surface area (Å²) in [6, 6.07) is 10.2. The van der Waals surface area contributed by atoms with E-state index in [1.807, 2.05) is 0 Å². The molecule has 0 atom stereocenters. The smallest absolute Gasteiger partial charge is 0.257 e. The van der Waals surface area contributed by atoms with Gasteiger partial charge in [0.25, 0.3) is 5.56 Å². The van der Waals surface area contributed by atoms with Gasteiger partial charge >= 0.3 is 0 Å². The Morgan fingerprint density at radius 2 is 1.97 bits per heavy atom. The second-order valence-corrected chi connectivity index (χ2v) is 7.20. The molecule has 2 N–H and O–H groups in total. The molecule has 0 saturated heterocycles. The Morgan fingerprint density at radius 1 is 1.26 bits per heavy atom. The van der Waals surface area contributed by atoms with Gasteiger partial charge in [0.2, 0.25) is 5.91 Å². The molecule has 0 fully saturated rings. The lowest BCUT2D eigenvalue weighted by atomic mass is 10.1. The van der Waals surface area contributed by atoms with Gasteiger partial charge in [0, 0.05) is 34.9 Å². The number of anilines is 1. The van der Waals surface area contributed by atoms with Crippen LogP contribution in [0.3, 0.4) is 0 Å². The number of benzene rings is 2. The number of aryl methyl sites for hydroxylation is 1. The van der Waals surface area contributed by atoms with Crippen LogP contribution in [0, 0.1) is 12.7 Å². The van der Waals surface area contributed by atoms with Crippen molar-refractivity contribution >= 4 is 23.2 Å². The van der Waals surface area contributed by atoms with E-state index >= 15 is 0 Å². The van der Waals surface area contributed by atoms with Crippen LogP contribution in [0.2, 0.25) is 5.02 Å². The summed E-state index contributed by atoms with van der Waals surface area (Å²) in [5.41, 5.74) is 1.12. The Morgan fingerprint density at radius 3 is 2.61 bits per heavy atom. The van der Waals surface area contributed by atoms with Crippen LogP contribution < -0.4 is 15.6 Å². The fourth-order valence-electron chi connectivity index (χ4n) is 3.18. The minimum atomic E-state index is -0.508. The number of aliphatic hydroxyl groups is 1. The molecule has 0 aliphatic carbocycles. The van der Waals surface area contributed by atoms with Crippen molar-refractivity contribution in [1.29, 1.82) is 0 Å². The summed E-state index contributed by atoms with van der Waals surface area (Å²) < 4.78 is 19.8. The van der Waals surface area contributed by atoms with E-state index in [0.717, 1.165) is 0 Å². The van der Waals surface area contributed by atoms with Gasteiger partial charge in [-0.3, -0.25) is 14.2 Å². The van der Waals surface area contributed by atoms with E-state index in [1.54, 1.807) is 19.1 Å². The third kappa shape index (κ3) is 5.10. The maximum absolute atomic E-state index is 13.4.